The lowest BCUT2D eigenvalue weighted by Gasteiger charge is -2.17. The number of carbonyl (C=O) groups is 1. The molecule has 25 heavy (non-hydrogen) atoms. The highest BCUT2D eigenvalue weighted by atomic mass is 35.5. The second-order valence-electron chi connectivity index (χ2n) is 6.16. The van der Waals surface area contributed by atoms with Crippen LogP contribution in [-0.2, 0) is 5.41 Å². The van der Waals surface area contributed by atoms with Crippen molar-refractivity contribution in [1.29, 1.82) is 0 Å². The van der Waals surface area contributed by atoms with Gasteiger partial charge in [-0.3, -0.25) is 0 Å². The molecule has 1 saturated carbocycles. The molecule has 2 N–H and O–H groups in total. The van der Waals surface area contributed by atoms with Gasteiger partial charge in [0.2, 0.25) is 0 Å². The molecule has 6 heteroatoms. The van der Waals surface area contributed by atoms with Crippen molar-refractivity contribution in [3.8, 4) is 11.5 Å². The number of anilines is 1. The van der Waals surface area contributed by atoms with Crippen molar-refractivity contribution in [2.45, 2.75) is 18.3 Å². The van der Waals surface area contributed by atoms with Gasteiger partial charge in [0.05, 0.1) is 14.2 Å². The first-order chi connectivity index (χ1) is 12.1. The predicted octanol–water partition coefficient (Wildman–Crippen LogP) is 4.21. The Morgan fingerprint density at radius 1 is 1.08 bits per heavy atom. The monoisotopic (exact) mass is 360 g/mol. The quantitative estimate of drug-likeness (QED) is 0.811. The van der Waals surface area contributed by atoms with Crippen LogP contribution in [0.5, 0.6) is 11.5 Å². The standard InChI is InChI=1S/C19H21ClN2O3/c1-24-16-8-7-15(11-17(16)25-2)22-18(23)21-12-19(9-10-19)13-3-5-14(20)6-4-13/h3-8,11H,9-10,12H2,1-2H3,(H2,21,22,23). The van der Waals surface area contributed by atoms with E-state index in [0.29, 0.717) is 23.7 Å². The number of nitrogens with one attached hydrogen (secondary N) is 2. The van der Waals surface area contributed by atoms with E-state index in [1.165, 1.54) is 5.56 Å². The number of benzene rings is 2. The lowest BCUT2D eigenvalue weighted by molar-refractivity contribution is 0.251. The summed E-state index contributed by atoms with van der Waals surface area (Å²) in [6, 6.07) is 12.9. The molecule has 0 bridgehead atoms. The normalized spacial score (nSPS) is 14.5. The van der Waals surface area contributed by atoms with Crippen molar-refractivity contribution in [3.05, 3.63) is 53.1 Å². The molecule has 0 saturated heterocycles. The highest BCUT2D eigenvalue weighted by Gasteiger charge is 2.44. The van der Waals surface area contributed by atoms with E-state index in [9.17, 15) is 4.79 Å². The molecule has 0 spiro atoms. The van der Waals surface area contributed by atoms with Crippen LogP contribution in [0.25, 0.3) is 0 Å². The van der Waals surface area contributed by atoms with E-state index in [1.807, 2.05) is 24.3 Å². The van der Waals surface area contributed by atoms with E-state index in [4.69, 9.17) is 21.1 Å². The molecule has 0 atom stereocenters. The molecule has 132 valence electrons. The van der Waals surface area contributed by atoms with Gasteiger partial charge in [0.15, 0.2) is 11.5 Å². The minimum atomic E-state index is -0.243. The number of carbonyl (C=O) groups excluding carboxylic acids is 1. The molecule has 3 rings (SSSR count). The van der Waals surface area contributed by atoms with Crippen LogP contribution < -0.4 is 20.1 Å². The summed E-state index contributed by atoms with van der Waals surface area (Å²) in [5, 5.41) is 6.50. The number of ether oxygens (including phenoxy) is 2. The Labute approximate surface area is 152 Å². The molecule has 2 aromatic rings. The molecular weight excluding hydrogens is 340 g/mol. The van der Waals surface area contributed by atoms with Gasteiger partial charge in [-0.1, -0.05) is 23.7 Å². The number of halogens is 1. The summed E-state index contributed by atoms with van der Waals surface area (Å²) in [5.74, 6) is 1.19. The lowest BCUT2D eigenvalue weighted by atomic mass is 9.96. The molecule has 0 aromatic heterocycles. The van der Waals surface area contributed by atoms with Gasteiger partial charge in [0, 0.05) is 28.7 Å². The maximum Gasteiger partial charge on any atom is 0.319 e. The number of hydrogen-bond donors (Lipinski definition) is 2. The van der Waals surface area contributed by atoms with Gasteiger partial charge in [-0.25, -0.2) is 4.79 Å². The Bertz CT molecular complexity index is 758. The van der Waals surface area contributed by atoms with E-state index in [-0.39, 0.29) is 11.4 Å². The Kier molecular flexibility index (Phi) is 5.04. The first kappa shape index (κ1) is 17.4. The molecule has 1 fully saturated rings. The SMILES string of the molecule is COc1ccc(NC(=O)NCC2(c3ccc(Cl)cc3)CC2)cc1OC. The summed E-state index contributed by atoms with van der Waals surface area (Å²) in [6.07, 6.45) is 2.12. The summed E-state index contributed by atoms with van der Waals surface area (Å²) in [7, 11) is 3.13. The van der Waals surface area contributed by atoms with Gasteiger partial charge in [0.25, 0.3) is 0 Å². The zero-order valence-corrected chi connectivity index (χ0v) is 15.0. The molecule has 0 heterocycles. The van der Waals surface area contributed by atoms with E-state index < -0.39 is 0 Å². The number of hydrogen-bond acceptors (Lipinski definition) is 3. The fraction of sp³-hybridized carbons (Fsp3) is 0.316. The minimum absolute atomic E-state index is 0.0273. The topological polar surface area (TPSA) is 59.6 Å². The van der Waals surface area contributed by atoms with Crippen molar-refractivity contribution in [3.63, 3.8) is 0 Å². The Balaban J connectivity index is 1.59. The van der Waals surface area contributed by atoms with Crippen LogP contribution in [0.1, 0.15) is 18.4 Å². The third kappa shape index (κ3) is 3.99. The second kappa shape index (κ2) is 7.23. The number of urea groups is 1. The second-order valence-corrected chi connectivity index (χ2v) is 6.60. The highest BCUT2D eigenvalue weighted by Crippen LogP contribution is 2.47. The van der Waals surface area contributed by atoms with Gasteiger partial charge in [-0.05, 0) is 42.7 Å². The van der Waals surface area contributed by atoms with Gasteiger partial charge in [-0.15, -0.1) is 0 Å². The fourth-order valence-corrected chi connectivity index (χ4v) is 2.99. The molecule has 2 aromatic carbocycles. The van der Waals surface area contributed by atoms with Gasteiger partial charge in [-0.2, -0.15) is 0 Å². The lowest BCUT2D eigenvalue weighted by Crippen LogP contribution is -2.35. The fourth-order valence-electron chi connectivity index (χ4n) is 2.86. The Hall–Kier alpha value is -2.40. The molecule has 0 radical (unpaired) electrons. The minimum Gasteiger partial charge on any atom is -0.493 e. The van der Waals surface area contributed by atoms with Crippen LogP contribution in [0.4, 0.5) is 10.5 Å². The first-order valence-electron chi connectivity index (χ1n) is 8.09. The highest BCUT2D eigenvalue weighted by molar-refractivity contribution is 6.30. The molecule has 0 unspecified atom stereocenters. The Morgan fingerprint density at radius 2 is 1.76 bits per heavy atom. The van der Waals surface area contributed by atoms with Crippen molar-refractivity contribution in [1.82, 2.24) is 5.32 Å². The molecular formula is C19H21ClN2O3. The average molecular weight is 361 g/mol. The van der Waals surface area contributed by atoms with Crippen LogP contribution in [0.2, 0.25) is 5.02 Å². The van der Waals surface area contributed by atoms with Crippen molar-refractivity contribution in [2.75, 3.05) is 26.1 Å². The Morgan fingerprint density at radius 3 is 2.36 bits per heavy atom. The molecule has 2 amide bonds. The molecule has 1 aliphatic rings. The van der Waals surface area contributed by atoms with E-state index in [1.54, 1.807) is 32.4 Å². The number of methoxy groups -OCH3 is 2. The summed E-state index contributed by atoms with van der Waals surface area (Å²) in [6.45, 7) is 0.591. The summed E-state index contributed by atoms with van der Waals surface area (Å²) in [4.78, 5) is 12.2. The number of rotatable bonds is 6. The van der Waals surface area contributed by atoms with Crippen LogP contribution in [0.15, 0.2) is 42.5 Å². The third-order valence-corrected chi connectivity index (χ3v) is 4.79. The third-order valence-electron chi connectivity index (χ3n) is 4.54. The summed E-state index contributed by atoms with van der Waals surface area (Å²) in [5.41, 5.74) is 1.88. The van der Waals surface area contributed by atoms with Crippen LogP contribution >= 0.6 is 11.6 Å². The summed E-state index contributed by atoms with van der Waals surface area (Å²) < 4.78 is 10.4. The van der Waals surface area contributed by atoms with Crippen molar-refractivity contribution in [2.24, 2.45) is 0 Å². The van der Waals surface area contributed by atoms with Crippen LogP contribution in [-0.4, -0.2) is 26.8 Å². The average Bonchev–Trinajstić information content (AvgIpc) is 3.41. The van der Waals surface area contributed by atoms with Gasteiger partial charge < -0.3 is 20.1 Å². The van der Waals surface area contributed by atoms with E-state index in [0.717, 1.165) is 17.9 Å². The maximum absolute atomic E-state index is 12.2. The maximum atomic E-state index is 12.2. The van der Waals surface area contributed by atoms with Crippen molar-refractivity contribution < 1.29 is 14.3 Å². The van der Waals surface area contributed by atoms with E-state index >= 15 is 0 Å². The predicted molar refractivity (Wildman–Crippen MR) is 98.9 cm³/mol. The molecule has 1 aliphatic carbocycles. The first-order valence-corrected chi connectivity index (χ1v) is 8.47. The zero-order chi connectivity index (χ0) is 17.9. The summed E-state index contributed by atoms with van der Waals surface area (Å²) >= 11 is 5.95. The van der Waals surface area contributed by atoms with Crippen LogP contribution in [0, 0.1) is 0 Å². The zero-order valence-electron chi connectivity index (χ0n) is 14.3. The smallest absolute Gasteiger partial charge is 0.319 e. The molecule has 5 nitrogen and oxygen atoms in total. The van der Waals surface area contributed by atoms with Gasteiger partial charge in [0.1, 0.15) is 0 Å². The largest absolute Gasteiger partial charge is 0.493 e. The van der Waals surface area contributed by atoms with E-state index in [2.05, 4.69) is 10.6 Å². The van der Waals surface area contributed by atoms with Crippen LogP contribution in [0.3, 0.4) is 0 Å². The van der Waals surface area contributed by atoms with Crippen molar-refractivity contribution >= 4 is 23.3 Å². The molecule has 0 aliphatic heterocycles. The van der Waals surface area contributed by atoms with Gasteiger partial charge >= 0.3 is 6.03 Å². The number of amides is 2.